The van der Waals surface area contributed by atoms with Crippen molar-refractivity contribution in [3.8, 4) is 0 Å². The number of hydrogen-bond donors (Lipinski definition) is 2. The standard InChI is InChI=1S/C23H25NO5S2/c1-2-3-14-18(21(26)27)24-20(25)19(31-23(29)17-12-8-5-9-13-17)15-30-22(28)16-10-6-4-7-11-16/h4-13,18-19H,2-3,14-15H2,1H3,(H,24,25)(H,26,27). The molecule has 0 aliphatic rings. The van der Waals surface area contributed by atoms with Crippen LogP contribution in [0.1, 0.15) is 46.9 Å². The number of nitrogens with one attached hydrogen (secondary N) is 1. The number of aliphatic carboxylic acids is 1. The Morgan fingerprint density at radius 1 is 0.903 bits per heavy atom. The summed E-state index contributed by atoms with van der Waals surface area (Å²) in [6, 6.07) is 16.1. The van der Waals surface area contributed by atoms with Gasteiger partial charge in [0.1, 0.15) is 11.3 Å². The summed E-state index contributed by atoms with van der Waals surface area (Å²) in [6.07, 6.45) is 1.75. The number of carboxylic acids is 1. The smallest absolute Gasteiger partial charge is 0.326 e. The molecule has 2 atom stereocenters. The summed E-state index contributed by atoms with van der Waals surface area (Å²) >= 11 is 1.74. The predicted octanol–water partition coefficient (Wildman–Crippen LogP) is 4.26. The molecule has 0 saturated heterocycles. The van der Waals surface area contributed by atoms with E-state index in [1.54, 1.807) is 60.7 Å². The van der Waals surface area contributed by atoms with Crippen LogP contribution in [0.5, 0.6) is 0 Å². The number of thioether (sulfide) groups is 2. The zero-order valence-corrected chi connectivity index (χ0v) is 18.8. The van der Waals surface area contributed by atoms with Crippen LogP contribution >= 0.6 is 23.5 Å². The first kappa shape index (κ1) is 24.7. The van der Waals surface area contributed by atoms with E-state index < -0.39 is 23.2 Å². The highest BCUT2D eigenvalue weighted by Gasteiger charge is 2.28. The minimum absolute atomic E-state index is 0.0446. The van der Waals surface area contributed by atoms with Crippen molar-refractivity contribution in [3.63, 3.8) is 0 Å². The Kier molecular flexibility index (Phi) is 10.3. The molecular formula is C23H25NO5S2. The van der Waals surface area contributed by atoms with Crippen LogP contribution in [-0.2, 0) is 9.59 Å². The monoisotopic (exact) mass is 459 g/mol. The second kappa shape index (κ2) is 13.0. The molecule has 0 heterocycles. The van der Waals surface area contributed by atoms with Gasteiger partial charge in [0, 0.05) is 16.9 Å². The van der Waals surface area contributed by atoms with Crippen LogP contribution in [0.15, 0.2) is 60.7 Å². The van der Waals surface area contributed by atoms with E-state index in [4.69, 9.17) is 0 Å². The van der Waals surface area contributed by atoms with Gasteiger partial charge in [-0.25, -0.2) is 4.79 Å². The van der Waals surface area contributed by atoms with Crippen molar-refractivity contribution in [1.29, 1.82) is 0 Å². The topological polar surface area (TPSA) is 101 Å². The second-order valence-corrected chi connectivity index (χ2v) is 8.93. The lowest BCUT2D eigenvalue weighted by molar-refractivity contribution is -0.141. The summed E-state index contributed by atoms with van der Waals surface area (Å²) < 4.78 is 0. The van der Waals surface area contributed by atoms with Gasteiger partial charge in [-0.2, -0.15) is 0 Å². The number of unbranched alkanes of at least 4 members (excludes halogenated alkanes) is 1. The first-order valence-corrected chi connectivity index (χ1v) is 11.8. The SMILES string of the molecule is CCCCC(NC(=O)C(CSC(=O)c1ccccc1)SC(=O)c1ccccc1)C(=O)O. The molecule has 2 rings (SSSR count). The lowest BCUT2D eigenvalue weighted by Crippen LogP contribution is -2.45. The lowest BCUT2D eigenvalue weighted by Gasteiger charge is -2.19. The molecule has 31 heavy (non-hydrogen) atoms. The molecule has 2 aromatic rings. The average molecular weight is 460 g/mol. The summed E-state index contributed by atoms with van der Waals surface area (Å²) in [5.74, 6) is -1.64. The molecule has 0 spiro atoms. The number of benzene rings is 2. The molecule has 0 aromatic heterocycles. The Labute approximate surface area is 190 Å². The van der Waals surface area contributed by atoms with Crippen LogP contribution in [0.4, 0.5) is 0 Å². The van der Waals surface area contributed by atoms with Crippen molar-refractivity contribution in [2.24, 2.45) is 0 Å². The molecule has 0 saturated carbocycles. The molecule has 2 aromatic carbocycles. The fourth-order valence-electron chi connectivity index (χ4n) is 2.67. The fourth-order valence-corrected chi connectivity index (χ4v) is 4.61. The summed E-state index contributed by atoms with van der Waals surface area (Å²) in [5.41, 5.74) is 0.933. The number of rotatable bonds is 11. The molecule has 6 nitrogen and oxygen atoms in total. The number of carbonyl (C=O) groups excluding carboxylic acids is 3. The van der Waals surface area contributed by atoms with E-state index in [0.29, 0.717) is 24.0 Å². The highest BCUT2D eigenvalue weighted by atomic mass is 32.2. The summed E-state index contributed by atoms with van der Waals surface area (Å²) in [7, 11) is 0. The van der Waals surface area contributed by atoms with Gasteiger partial charge in [-0.15, -0.1) is 0 Å². The van der Waals surface area contributed by atoms with Gasteiger partial charge in [-0.05, 0) is 6.42 Å². The largest absolute Gasteiger partial charge is 0.480 e. The van der Waals surface area contributed by atoms with Crippen molar-refractivity contribution in [3.05, 3.63) is 71.8 Å². The Bertz CT molecular complexity index is 889. The molecule has 1 amide bonds. The fraction of sp³-hybridized carbons (Fsp3) is 0.304. The molecule has 164 valence electrons. The summed E-state index contributed by atoms with van der Waals surface area (Å²) in [5, 5.41) is 10.5. The lowest BCUT2D eigenvalue weighted by atomic mass is 10.1. The Morgan fingerprint density at radius 3 is 1.97 bits per heavy atom. The van der Waals surface area contributed by atoms with E-state index >= 15 is 0 Å². The highest BCUT2D eigenvalue weighted by Crippen LogP contribution is 2.24. The zero-order chi connectivity index (χ0) is 22.6. The van der Waals surface area contributed by atoms with Crippen molar-refractivity contribution in [2.45, 2.75) is 37.5 Å². The molecule has 8 heteroatoms. The number of amides is 1. The number of carboxylic acid groups (broad SMARTS) is 1. The molecule has 2 unspecified atom stereocenters. The third kappa shape index (κ3) is 8.22. The highest BCUT2D eigenvalue weighted by molar-refractivity contribution is 8.18. The normalized spacial score (nSPS) is 12.5. The quantitative estimate of drug-likeness (QED) is 0.518. The van der Waals surface area contributed by atoms with Crippen LogP contribution in [-0.4, -0.2) is 44.3 Å². The van der Waals surface area contributed by atoms with Crippen LogP contribution in [0, 0.1) is 0 Å². The first-order valence-electron chi connectivity index (χ1n) is 9.93. The summed E-state index contributed by atoms with van der Waals surface area (Å²) in [6.45, 7) is 1.93. The van der Waals surface area contributed by atoms with Crippen LogP contribution in [0.2, 0.25) is 0 Å². The zero-order valence-electron chi connectivity index (χ0n) is 17.2. The molecule has 2 N–H and O–H groups in total. The molecule has 0 bridgehead atoms. The third-order valence-corrected chi connectivity index (χ3v) is 6.71. The minimum Gasteiger partial charge on any atom is -0.480 e. The van der Waals surface area contributed by atoms with Gasteiger partial charge in [-0.3, -0.25) is 14.4 Å². The van der Waals surface area contributed by atoms with E-state index in [1.165, 1.54) is 0 Å². The second-order valence-electron chi connectivity index (χ2n) is 6.77. The third-order valence-electron chi connectivity index (χ3n) is 4.39. The van der Waals surface area contributed by atoms with Crippen molar-refractivity contribution < 1.29 is 24.3 Å². The summed E-state index contributed by atoms with van der Waals surface area (Å²) in [4.78, 5) is 49.5. The van der Waals surface area contributed by atoms with Crippen LogP contribution in [0.3, 0.4) is 0 Å². The maximum atomic E-state index is 12.9. The molecule has 0 aliphatic heterocycles. The van der Waals surface area contributed by atoms with E-state index in [1.807, 2.05) is 6.92 Å². The van der Waals surface area contributed by atoms with Crippen molar-refractivity contribution in [1.82, 2.24) is 5.32 Å². The Morgan fingerprint density at radius 2 is 1.45 bits per heavy atom. The maximum Gasteiger partial charge on any atom is 0.326 e. The molecular weight excluding hydrogens is 434 g/mol. The van der Waals surface area contributed by atoms with Gasteiger partial charge < -0.3 is 10.4 Å². The molecule has 0 aliphatic carbocycles. The molecule has 0 fully saturated rings. The maximum absolute atomic E-state index is 12.9. The average Bonchev–Trinajstić information content (AvgIpc) is 2.79. The van der Waals surface area contributed by atoms with Gasteiger partial charge in [0.05, 0.1) is 0 Å². The van der Waals surface area contributed by atoms with Crippen molar-refractivity contribution >= 4 is 45.6 Å². The van der Waals surface area contributed by atoms with Gasteiger partial charge in [-0.1, -0.05) is 104 Å². The van der Waals surface area contributed by atoms with Crippen LogP contribution in [0.25, 0.3) is 0 Å². The van der Waals surface area contributed by atoms with Gasteiger partial charge in [0.25, 0.3) is 0 Å². The van der Waals surface area contributed by atoms with E-state index in [-0.39, 0.29) is 16.0 Å². The van der Waals surface area contributed by atoms with Gasteiger partial charge in [0.2, 0.25) is 16.1 Å². The van der Waals surface area contributed by atoms with Gasteiger partial charge >= 0.3 is 5.97 Å². The number of hydrogen-bond acceptors (Lipinski definition) is 6. The molecule has 0 radical (unpaired) electrons. The van der Waals surface area contributed by atoms with Gasteiger partial charge in [0.15, 0.2) is 0 Å². The number of carbonyl (C=O) groups is 4. The van der Waals surface area contributed by atoms with E-state index in [9.17, 15) is 24.3 Å². The Hall–Kier alpha value is -2.58. The van der Waals surface area contributed by atoms with Crippen molar-refractivity contribution in [2.75, 3.05) is 5.75 Å². The van der Waals surface area contributed by atoms with Crippen LogP contribution < -0.4 is 5.32 Å². The Balaban J connectivity index is 2.11. The predicted molar refractivity (Wildman–Crippen MR) is 124 cm³/mol. The van der Waals surface area contributed by atoms with E-state index in [2.05, 4.69) is 5.32 Å². The minimum atomic E-state index is -1.12. The first-order chi connectivity index (χ1) is 14.9. The van der Waals surface area contributed by atoms with E-state index in [0.717, 1.165) is 29.9 Å².